The van der Waals surface area contributed by atoms with Crippen molar-refractivity contribution in [3.8, 4) is 0 Å². The van der Waals surface area contributed by atoms with Gasteiger partial charge in [0.05, 0.1) is 12.6 Å². The molecule has 2 aliphatic heterocycles. The third kappa shape index (κ3) is 4.62. The van der Waals surface area contributed by atoms with E-state index in [0.29, 0.717) is 36.0 Å². The normalized spacial score (nSPS) is 35.2. The van der Waals surface area contributed by atoms with Gasteiger partial charge in [-0.3, -0.25) is 14.9 Å². The average molecular weight is 399 g/mol. The molecule has 4 rings (SSSR count). The summed E-state index contributed by atoms with van der Waals surface area (Å²) in [7, 11) is 0. The number of hydrogen-bond donors (Lipinski definition) is 1. The lowest BCUT2D eigenvalue weighted by molar-refractivity contribution is 0.135. The monoisotopic (exact) mass is 398 g/mol. The lowest BCUT2D eigenvalue weighted by Crippen LogP contribution is -2.55. The second-order valence-corrected chi connectivity index (χ2v) is 9.86. The van der Waals surface area contributed by atoms with E-state index < -0.39 is 0 Å². The number of nitrogens with zero attached hydrogens (tertiary/aromatic N) is 3. The molecule has 2 fully saturated rings. The average Bonchev–Trinajstić information content (AvgIpc) is 3.14. The molecule has 0 radical (unpaired) electrons. The summed E-state index contributed by atoms with van der Waals surface area (Å²) < 4.78 is 0. The third-order valence-electron chi connectivity index (χ3n) is 7.90. The van der Waals surface area contributed by atoms with Gasteiger partial charge in [0, 0.05) is 36.0 Å². The van der Waals surface area contributed by atoms with Crippen LogP contribution in [-0.4, -0.2) is 47.2 Å². The topological polar surface area (TPSA) is 40.0 Å². The molecule has 162 valence electrons. The van der Waals surface area contributed by atoms with Gasteiger partial charge in [-0.25, -0.2) is 0 Å². The summed E-state index contributed by atoms with van der Waals surface area (Å²) in [5, 5.41) is 3.82. The maximum absolute atomic E-state index is 5.19. The highest BCUT2D eigenvalue weighted by molar-refractivity contribution is 5.95. The second kappa shape index (κ2) is 9.76. The zero-order valence-electron chi connectivity index (χ0n) is 18.9. The Morgan fingerprint density at radius 2 is 1.90 bits per heavy atom. The number of aliphatic imine (C=N–C) groups is 2. The second-order valence-electron chi connectivity index (χ2n) is 9.86. The predicted molar refractivity (Wildman–Crippen MR) is 124 cm³/mol. The van der Waals surface area contributed by atoms with Crippen LogP contribution < -0.4 is 5.32 Å². The van der Waals surface area contributed by atoms with Crippen LogP contribution in [0.3, 0.4) is 0 Å². The highest BCUT2D eigenvalue weighted by Gasteiger charge is 2.40. The SMILES string of the molecule is CCCC1N=C(CN(C2CCCCC2)C2CCCC3C2=NC=CC3C)NC1CC. The lowest BCUT2D eigenvalue weighted by Gasteiger charge is -2.45. The number of fused-ring (bicyclic) bond motifs is 1. The molecule has 2 aliphatic carbocycles. The quantitative estimate of drug-likeness (QED) is 0.628. The Balaban J connectivity index is 1.56. The molecule has 1 N–H and O–H groups in total. The first-order chi connectivity index (χ1) is 14.2. The molecular formula is C25H42N4. The molecule has 4 heteroatoms. The Morgan fingerprint density at radius 3 is 2.66 bits per heavy atom. The van der Waals surface area contributed by atoms with Crippen LogP contribution in [0.25, 0.3) is 0 Å². The van der Waals surface area contributed by atoms with Gasteiger partial charge in [-0.1, -0.05) is 59.0 Å². The number of rotatable bonds is 7. The highest BCUT2D eigenvalue weighted by atomic mass is 15.3. The predicted octanol–water partition coefficient (Wildman–Crippen LogP) is 5.34. The summed E-state index contributed by atoms with van der Waals surface area (Å²) in [4.78, 5) is 13.0. The molecule has 2 heterocycles. The van der Waals surface area contributed by atoms with Gasteiger partial charge in [0.1, 0.15) is 5.84 Å². The minimum absolute atomic E-state index is 0.474. The van der Waals surface area contributed by atoms with Gasteiger partial charge < -0.3 is 5.32 Å². The Hall–Kier alpha value is -1.16. The minimum atomic E-state index is 0.474. The van der Waals surface area contributed by atoms with Gasteiger partial charge >= 0.3 is 0 Å². The first kappa shape index (κ1) is 21.1. The van der Waals surface area contributed by atoms with Crippen molar-refractivity contribution in [3.63, 3.8) is 0 Å². The van der Waals surface area contributed by atoms with Crippen molar-refractivity contribution >= 4 is 11.5 Å². The van der Waals surface area contributed by atoms with Crippen molar-refractivity contribution < 1.29 is 0 Å². The number of amidine groups is 1. The maximum Gasteiger partial charge on any atom is 0.111 e. The zero-order chi connectivity index (χ0) is 20.2. The van der Waals surface area contributed by atoms with Crippen LogP contribution in [0.5, 0.6) is 0 Å². The van der Waals surface area contributed by atoms with Crippen LogP contribution in [0, 0.1) is 11.8 Å². The molecule has 4 aliphatic rings. The third-order valence-corrected chi connectivity index (χ3v) is 7.90. The van der Waals surface area contributed by atoms with Gasteiger partial charge in [0.2, 0.25) is 0 Å². The van der Waals surface area contributed by atoms with Crippen molar-refractivity contribution in [1.29, 1.82) is 0 Å². The van der Waals surface area contributed by atoms with Crippen LogP contribution in [-0.2, 0) is 0 Å². The number of nitrogens with one attached hydrogen (secondary N) is 1. The molecule has 0 aromatic heterocycles. The Morgan fingerprint density at radius 1 is 1.07 bits per heavy atom. The molecule has 4 nitrogen and oxygen atoms in total. The summed E-state index contributed by atoms with van der Waals surface area (Å²) >= 11 is 0. The molecule has 0 bridgehead atoms. The summed E-state index contributed by atoms with van der Waals surface area (Å²) in [5.74, 6) is 2.54. The first-order valence-corrected chi connectivity index (χ1v) is 12.5. The fraction of sp³-hybridized carbons (Fsp3) is 0.840. The maximum atomic E-state index is 5.19. The van der Waals surface area contributed by atoms with Gasteiger partial charge in [-0.05, 0) is 44.4 Å². The van der Waals surface area contributed by atoms with E-state index >= 15 is 0 Å². The van der Waals surface area contributed by atoms with Gasteiger partial charge in [0.25, 0.3) is 0 Å². The Bertz CT molecular complexity index is 631. The summed E-state index contributed by atoms with van der Waals surface area (Å²) in [6, 6.07) is 2.22. The molecule has 0 aromatic carbocycles. The van der Waals surface area contributed by atoms with E-state index in [4.69, 9.17) is 9.98 Å². The number of allylic oxidation sites excluding steroid dienone is 1. The van der Waals surface area contributed by atoms with Crippen LogP contribution >= 0.6 is 0 Å². The fourth-order valence-electron chi connectivity index (χ4n) is 6.26. The van der Waals surface area contributed by atoms with E-state index in [0.717, 1.165) is 6.54 Å². The molecule has 0 aromatic rings. The molecule has 0 amide bonds. The van der Waals surface area contributed by atoms with E-state index in [9.17, 15) is 0 Å². The Labute approximate surface area is 178 Å². The van der Waals surface area contributed by atoms with Crippen LogP contribution in [0.4, 0.5) is 0 Å². The van der Waals surface area contributed by atoms with Gasteiger partial charge in [-0.15, -0.1) is 0 Å². The summed E-state index contributed by atoms with van der Waals surface area (Å²) in [6.45, 7) is 7.96. The van der Waals surface area contributed by atoms with E-state index in [1.165, 1.54) is 82.2 Å². The van der Waals surface area contributed by atoms with Crippen LogP contribution in [0.2, 0.25) is 0 Å². The Kier molecular flexibility index (Phi) is 7.10. The van der Waals surface area contributed by atoms with E-state index in [2.05, 4.69) is 43.3 Å². The zero-order valence-corrected chi connectivity index (χ0v) is 18.9. The largest absolute Gasteiger partial charge is 0.368 e. The van der Waals surface area contributed by atoms with Gasteiger partial charge in [-0.2, -0.15) is 0 Å². The van der Waals surface area contributed by atoms with Crippen LogP contribution in [0.15, 0.2) is 22.3 Å². The van der Waals surface area contributed by atoms with Crippen molar-refractivity contribution in [2.75, 3.05) is 6.54 Å². The van der Waals surface area contributed by atoms with Crippen molar-refractivity contribution in [3.05, 3.63) is 12.3 Å². The molecule has 0 spiro atoms. The molecular weight excluding hydrogens is 356 g/mol. The van der Waals surface area contributed by atoms with Crippen LogP contribution in [0.1, 0.15) is 91.4 Å². The minimum Gasteiger partial charge on any atom is -0.368 e. The van der Waals surface area contributed by atoms with Crippen molar-refractivity contribution in [2.45, 2.75) is 116 Å². The smallest absolute Gasteiger partial charge is 0.111 e. The number of hydrogen-bond acceptors (Lipinski definition) is 4. The molecule has 2 saturated carbocycles. The summed E-state index contributed by atoms with van der Waals surface area (Å²) in [6.07, 6.45) is 18.8. The van der Waals surface area contributed by atoms with E-state index in [-0.39, 0.29) is 0 Å². The standard InChI is InChI=1S/C25H42N4/c1-4-10-22-21(5-2)27-24(28-22)17-29(19-11-7-6-8-12-19)23-14-9-13-20-18(3)15-16-26-25(20)23/h15-16,18-23H,4-14,17H2,1-3H3,(H,27,28). The van der Waals surface area contributed by atoms with Crippen molar-refractivity contribution in [1.82, 2.24) is 10.2 Å². The van der Waals surface area contributed by atoms with E-state index in [1.54, 1.807) is 0 Å². The fourth-order valence-corrected chi connectivity index (χ4v) is 6.26. The molecule has 5 atom stereocenters. The molecule has 0 saturated heterocycles. The molecule has 29 heavy (non-hydrogen) atoms. The highest BCUT2D eigenvalue weighted by Crippen LogP contribution is 2.36. The van der Waals surface area contributed by atoms with Crippen molar-refractivity contribution in [2.24, 2.45) is 21.8 Å². The van der Waals surface area contributed by atoms with Gasteiger partial charge in [0.15, 0.2) is 0 Å². The first-order valence-electron chi connectivity index (χ1n) is 12.5. The molecule has 5 unspecified atom stereocenters. The van der Waals surface area contributed by atoms with E-state index in [1.807, 2.05) is 0 Å². The lowest BCUT2D eigenvalue weighted by atomic mass is 9.74. The summed E-state index contributed by atoms with van der Waals surface area (Å²) in [5.41, 5.74) is 1.48.